The van der Waals surface area contributed by atoms with E-state index < -0.39 is 6.04 Å². The highest BCUT2D eigenvalue weighted by molar-refractivity contribution is 6.01. The van der Waals surface area contributed by atoms with Crippen LogP contribution in [0.4, 0.5) is 5.69 Å². The number of benzene rings is 1. The van der Waals surface area contributed by atoms with Gasteiger partial charge in [-0.15, -0.1) is 0 Å². The van der Waals surface area contributed by atoms with E-state index in [0.717, 1.165) is 48.1 Å². The van der Waals surface area contributed by atoms with Gasteiger partial charge in [-0.2, -0.15) is 0 Å². The van der Waals surface area contributed by atoms with Crippen LogP contribution in [0, 0.1) is 26.7 Å². The predicted molar refractivity (Wildman–Crippen MR) is 122 cm³/mol. The number of nitrogens with one attached hydrogen (secondary N) is 2. The van der Waals surface area contributed by atoms with Crippen molar-refractivity contribution in [3.05, 3.63) is 65.3 Å². The van der Waals surface area contributed by atoms with Gasteiger partial charge in [-0.1, -0.05) is 30.1 Å². The Morgan fingerprint density at radius 2 is 1.75 bits per heavy atom. The standard InChI is InChI=1S/C25H28N4O3/c1-15-12-13-26-17(3)22(15)18-8-10-20(11-9-18)27-25(31)23(19-6-4-5-7-19)28-24(30)21-14-32-29-16(21)2/h8-14,19,23H,4-7H2,1-3H3,(H,27,31)(H,28,30). The monoisotopic (exact) mass is 432 g/mol. The van der Waals surface area contributed by atoms with E-state index in [1.54, 1.807) is 13.1 Å². The average molecular weight is 433 g/mol. The summed E-state index contributed by atoms with van der Waals surface area (Å²) in [6.07, 6.45) is 7.08. The average Bonchev–Trinajstić information content (AvgIpc) is 3.45. The number of pyridine rings is 1. The maximum Gasteiger partial charge on any atom is 0.257 e. The van der Waals surface area contributed by atoms with Crippen LogP contribution in [0.3, 0.4) is 0 Å². The second-order valence-corrected chi connectivity index (χ2v) is 8.46. The number of hydrogen-bond donors (Lipinski definition) is 2. The van der Waals surface area contributed by atoms with E-state index in [9.17, 15) is 9.59 Å². The van der Waals surface area contributed by atoms with Crippen LogP contribution in [0.5, 0.6) is 0 Å². The maximum atomic E-state index is 13.2. The number of carbonyl (C=O) groups excluding carboxylic acids is 2. The van der Waals surface area contributed by atoms with E-state index in [4.69, 9.17) is 4.52 Å². The molecule has 0 saturated heterocycles. The Bertz CT molecular complexity index is 1090. The number of anilines is 1. The molecule has 1 saturated carbocycles. The van der Waals surface area contributed by atoms with Crippen molar-refractivity contribution in [2.75, 3.05) is 5.32 Å². The van der Waals surface area contributed by atoms with Crippen LogP contribution in [0.2, 0.25) is 0 Å². The van der Waals surface area contributed by atoms with Gasteiger partial charge in [0, 0.05) is 23.1 Å². The summed E-state index contributed by atoms with van der Waals surface area (Å²) in [5, 5.41) is 9.66. The van der Waals surface area contributed by atoms with E-state index in [-0.39, 0.29) is 17.7 Å². The van der Waals surface area contributed by atoms with Crippen molar-refractivity contribution < 1.29 is 14.1 Å². The van der Waals surface area contributed by atoms with Gasteiger partial charge in [0.25, 0.3) is 5.91 Å². The van der Waals surface area contributed by atoms with Crippen molar-refractivity contribution in [2.45, 2.75) is 52.5 Å². The first-order valence-corrected chi connectivity index (χ1v) is 11.0. The molecule has 2 amide bonds. The molecular weight excluding hydrogens is 404 g/mol. The highest BCUT2D eigenvalue weighted by Crippen LogP contribution is 2.30. The minimum atomic E-state index is -0.609. The first kappa shape index (κ1) is 21.7. The van der Waals surface area contributed by atoms with Crippen molar-refractivity contribution in [3.8, 4) is 11.1 Å². The van der Waals surface area contributed by atoms with E-state index >= 15 is 0 Å². The van der Waals surface area contributed by atoms with E-state index in [0.29, 0.717) is 16.9 Å². The summed E-state index contributed by atoms with van der Waals surface area (Å²) in [6, 6.07) is 9.12. The number of rotatable bonds is 6. The minimum Gasteiger partial charge on any atom is -0.364 e. The highest BCUT2D eigenvalue weighted by atomic mass is 16.5. The summed E-state index contributed by atoms with van der Waals surface area (Å²) >= 11 is 0. The highest BCUT2D eigenvalue weighted by Gasteiger charge is 2.33. The molecule has 1 aromatic carbocycles. The molecule has 0 aliphatic heterocycles. The van der Waals surface area contributed by atoms with Gasteiger partial charge in [0.15, 0.2) is 0 Å². The summed E-state index contributed by atoms with van der Waals surface area (Å²) in [7, 11) is 0. The first-order chi connectivity index (χ1) is 15.4. The zero-order valence-corrected chi connectivity index (χ0v) is 18.6. The second-order valence-electron chi connectivity index (χ2n) is 8.46. The molecule has 7 nitrogen and oxygen atoms in total. The zero-order valence-electron chi connectivity index (χ0n) is 18.6. The number of aryl methyl sites for hydroxylation is 3. The second kappa shape index (κ2) is 9.34. The van der Waals surface area contributed by atoms with Gasteiger partial charge >= 0.3 is 0 Å². The largest absolute Gasteiger partial charge is 0.364 e. The number of amides is 2. The SMILES string of the molecule is Cc1ccnc(C)c1-c1ccc(NC(=O)C(NC(=O)c2conc2C)C2CCCC2)cc1. The van der Waals surface area contributed by atoms with Crippen molar-refractivity contribution >= 4 is 17.5 Å². The van der Waals surface area contributed by atoms with Crippen LogP contribution in [0.1, 0.15) is 53.0 Å². The van der Waals surface area contributed by atoms with Crippen LogP contribution < -0.4 is 10.6 Å². The Balaban J connectivity index is 1.50. The predicted octanol–water partition coefficient (Wildman–Crippen LogP) is 4.59. The lowest BCUT2D eigenvalue weighted by Gasteiger charge is -2.24. The molecule has 0 spiro atoms. The van der Waals surface area contributed by atoms with Gasteiger partial charge in [-0.3, -0.25) is 14.6 Å². The van der Waals surface area contributed by atoms with Gasteiger partial charge < -0.3 is 15.2 Å². The number of carbonyl (C=O) groups is 2. The number of hydrogen-bond acceptors (Lipinski definition) is 5. The van der Waals surface area contributed by atoms with Gasteiger partial charge in [-0.25, -0.2) is 0 Å². The van der Waals surface area contributed by atoms with Gasteiger partial charge in [0.1, 0.15) is 17.9 Å². The zero-order chi connectivity index (χ0) is 22.7. The Morgan fingerprint density at radius 1 is 1.03 bits per heavy atom. The molecule has 4 rings (SSSR count). The summed E-state index contributed by atoms with van der Waals surface area (Å²) in [5.41, 5.74) is 5.82. The maximum absolute atomic E-state index is 13.2. The smallest absolute Gasteiger partial charge is 0.257 e. The normalized spacial score (nSPS) is 14.8. The van der Waals surface area contributed by atoms with Crippen LogP contribution >= 0.6 is 0 Å². The van der Waals surface area contributed by atoms with Gasteiger partial charge in [0.2, 0.25) is 5.91 Å². The van der Waals surface area contributed by atoms with Crippen molar-refractivity contribution in [2.24, 2.45) is 5.92 Å². The summed E-state index contributed by atoms with van der Waals surface area (Å²) in [4.78, 5) is 30.3. The van der Waals surface area contributed by atoms with Crippen LogP contribution in [0.15, 0.2) is 47.3 Å². The minimum absolute atomic E-state index is 0.110. The Kier molecular flexibility index (Phi) is 6.35. The molecule has 1 atom stereocenters. The fraction of sp³-hybridized carbons (Fsp3) is 0.360. The van der Waals surface area contributed by atoms with Gasteiger partial charge in [0.05, 0.1) is 5.69 Å². The van der Waals surface area contributed by atoms with Crippen LogP contribution in [0.25, 0.3) is 11.1 Å². The molecule has 1 fully saturated rings. The Hall–Kier alpha value is -3.48. The van der Waals surface area contributed by atoms with E-state index in [1.807, 2.05) is 37.3 Å². The topological polar surface area (TPSA) is 97.1 Å². The summed E-state index contributed by atoms with van der Waals surface area (Å²) in [5.74, 6) is -0.436. The molecule has 2 N–H and O–H groups in total. The lowest BCUT2D eigenvalue weighted by Crippen LogP contribution is -2.48. The van der Waals surface area contributed by atoms with Gasteiger partial charge in [-0.05, 0) is 68.9 Å². The molecular formula is C25H28N4O3. The van der Waals surface area contributed by atoms with Crippen molar-refractivity contribution in [3.63, 3.8) is 0 Å². The molecule has 3 aromatic rings. The molecule has 1 aliphatic rings. The third kappa shape index (κ3) is 4.56. The number of nitrogens with zero attached hydrogens (tertiary/aromatic N) is 2. The molecule has 1 unspecified atom stereocenters. The molecule has 0 bridgehead atoms. The lowest BCUT2D eigenvalue weighted by atomic mass is 9.96. The van der Waals surface area contributed by atoms with E-state index in [2.05, 4.69) is 27.7 Å². The van der Waals surface area contributed by atoms with Crippen molar-refractivity contribution in [1.82, 2.24) is 15.5 Å². The lowest BCUT2D eigenvalue weighted by molar-refractivity contribution is -0.119. The van der Waals surface area contributed by atoms with Crippen LogP contribution in [-0.4, -0.2) is 28.0 Å². The van der Waals surface area contributed by atoms with Crippen molar-refractivity contribution in [1.29, 1.82) is 0 Å². The Morgan fingerprint density at radius 3 is 2.38 bits per heavy atom. The van der Waals surface area contributed by atoms with E-state index in [1.165, 1.54) is 6.26 Å². The molecule has 0 radical (unpaired) electrons. The fourth-order valence-corrected chi connectivity index (χ4v) is 4.49. The third-order valence-electron chi connectivity index (χ3n) is 6.22. The molecule has 7 heteroatoms. The third-order valence-corrected chi connectivity index (χ3v) is 6.22. The molecule has 1 aliphatic carbocycles. The molecule has 32 heavy (non-hydrogen) atoms. The number of aromatic nitrogens is 2. The summed E-state index contributed by atoms with van der Waals surface area (Å²) < 4.78 is 4.88. The summed E-state index contributed by atoms with van der Waals surface area (Å²) in [6.45, 7) is 5.76. The Labute approximate surface area is 187 Å². The molecule has 2 heterocycles. The fourth-order valence-electron chi connectivity index (χ4n) is 4.49. The molecule has 166 valence electrons. The molecule has 2 aromatic heterocycles. The first-order valence-electron chi connectivity index (χ1n) is 11.0. The van der Waals surface area contributed by atoms with Crippen LogP contribution in [-0.2, 0) is 4.79 Å². The quantitative estimate of drug-likeness (QED) is 0.594.